The van der Waals surface area contributed by atoms with Gasteiger partial charge in [0.05, 0.1) is 6.54 Å². The van der Waals surface area contributed by atoms with Crippen LogP contribution in [0.4, 0.5) is 0 Å². The van der Waals surface area contributed by atoms with Gasteiger partial charge in [-0.15, -0.1) is 12.4 Å². The number of fused-ring (bicyclic) bond motifs is 1. The molecule has 2 unspecified atom stereocenters. The van der Waals surface area contributed by atoms with Crippen molar-refractivity contribution < 1.29 is 9.90 Å². The number of aliphatic carboxylic acids is 1. The van der Waals surface area contributed by atoms with Crippen molar-refractivity contribution in [1.29, 1.82) is 0 Å². The molecule has 0 aromatic heterocycles. The summed E-state index contributed by atoms with van der Waals surface area (Å²) < 4.78 is 0. The third kappa shape index (κ3) is 4.16. The molecule has 0 aliphatic heterocycles. The first kappa shape index (κ1) is 18.5. The smallest absolute Gasteiger partial charge is 0.317 e. The molecule has 0 saturated heterocycles. The average Bonchev–Trinajstić information content (AvgIpc) is 2.55. The Balaban J connectivity index is 0.00000208. The molecule has 0 saturated carbocycles. The van der Waals surface area contributed by atoms with Gasteiger partial charge in [0.2, 0.25) is 0 Å². The van der Waals surface area contributed by atoms with Crippen molar-refractivity contribution in [1.82, 2.24) is 4.90 Å². The van der Waals surface area contributed by atoms with E-state index in [1.807, 2.05) is 30.1 Å². The van der Waals surface area contributed by atoms with Crippen molar-refractivity contribution in [2.75, 3.05) is 13.6 Å². The van der Waals surface area contributed by atoms with Crippen LogP contribution >= 0.6 is 12.4 Å². The van der Waals surface area contributed by atoms with Crippen LogP contribution in [0.1, 0.15) is 29.2 Å². The molecule has 0 radical (unpaired) electrons. The number of hydrogen-bond donors (Lipinski definition) is 1. The fourth-order valence-corrected chi connectivity index (χ4v) is 3.84. The van der Waals surface area contributed by atoms with Gasteiger partial charge in [-0.05, 0) is 48.9 Å². The van der Waals surface area contributed by atoms with Crippen LogP contribution in [0.15, 0.2) is 54.6 Å². The van der Waals surface area contributed by atoms with Gasteiger partial charge in [0, 0.05) is 6.04 Å². The molecular weight excluding hydrogens is 322 g/mol. The first-order valence-electron chi connectivity index (χ1n) is 8.19. The Morgan fingerprint density at radius 2 is 1.75 bits per heavy atom. The minimum atomic E-state index is -0.773. The van der Waals surface area contributed by atoms with E-state index in [1.54, 1.807) is 0 Å². The second-order valence-electron chi connectivity index (χ2n) is 6.44. The van der Waals surface area contributed by atoms with Crippen molar-refractivity contribution in [2.24, 2.45) is 5.92 Å². The van der Waals surface area contributed by atoms with Gasteiger partial charge in [-0.1, -0.05) is 54.6 Å². The van der Waals surface area contributed by atoms with E-state index in [1.165, 1.54) is 16.7 Å². The number of carbonyl (C=O) groups is 1. The van der Waals surface area contributed by atoms with Gasteiger partial charge in [0.25, 0.3) is 0 Å². The molecule has 24 heavy (non-hydrogen) atoms. The quantitative estimate of drug-likeness (QED) is 0.891. The van der Waals surface area contributed by atoms with Crippen LogP contribution in [0, 0.1) is 5.92 Å². The van der Waals surface area contributed by atoms with Crippen LogP contribution in [-0.4, -0.2) is 29.6 Å². The molecular formula is C20H24ClNO2. The predicted octanol–water partition coefficient (Wildman–Crippen LogP) is 3.97. The maximum atomic E-state index is 11.2. The molecule has 0 heterocycles. The number of likely N-dealkylation sites (N-methyl/N-ethyl adjacent to an activating group) is 1. The third-order valence-electron chi connectivity index (χ3n) is 4.83. The normalized spacial score (nSPS) is 17.7. The summed E-state index contributed by atoms with van der Waals surface area (Å²) in [5, 5.41) is 9.19. The van der Waals surface area contributed by atoms with Crippen LogP contribution in [0.3, 0.4) is 0 Å². The third-order valence-corrected chi connectivity index (χ3v) is 4.83. The van der Waals surface area contributed by atoms with E-state index in [9.17, 15) is 9.90 Å². The number of aryl methyl sites for hydroxylation is 1. The predicted molar refractivity (Wildman–Crippen MR) is 98.7 cm³/mol. The average molecular weight is 346 g/mol. The van der Waals surface area contributed by atoms with Gasteiger partial charge >= 0.3 is 5.97 Å². The lowest BCUT2D eigenvalue weighted by Gasteiger charge is -2.37. The number of benzene rings is 2. The summed E-state index contributed by atoms with van der Waals surface area (Å²) in [5.74, 6) is -0.332. The number of carboxylic acids is 1. The van der Waals surface area contributed by atoms with Gasteiger partial charge in [-0.3, -0.25) is 9.69 Å². The van der Waals surface area contributed by atoms with Crippen LogP contribution in [0.2, 0.25) is 0 Å². The number of halogens is 1. The summed E-state index contributed by atoms with van der Waals surface area (Å²) in [4.78, 5) is 13.2. The van der Waals surface area contributed by atoms with E-state index in [2.05, 4.69) is 36.4 Å². The summed E-state index contributed by atoms with van der Waals surface area (Å²) in [7, 11) is 1.92. The van der Waals surface area contributed by atoms with Gasteiger partial charge < -0.3 is 5.11 Å². The lowest BCUT2D eigenvalue weighted by atomic mass is 9.77. The van der Waals surface area contributed by atoms with Crippen molar-refractivity contribution in [3.05, 3.63) is 71.3 Å². The molecule has 3 nitrogen and oxygen atoms in total. The van der Waals surface area contributed by atoms with Crippen LogP contribution in [0.5, 0.6) is 0 Å². The molecule has 0 amide bonds. The second kappa shape index (κ2) is 8.32. The Hall–Kier alpha value is -1.84. The molecule has 3 rings (SSSR count). The largest absolute Gasteiger partial charge is 0.480 e. The number of nitrogens with zero attached hydrogens (tertiary/aromatic N) is 1. The first-order chi connectivity index (χ1) is 11.1. The lowest BCUT2D eigenvalue weighted by molar-refractivity contribution is -0.138. The topological polar surface area (TPSA) is 40.5 Å². The number of carboxylic acid groups (broad SMARTS) is 1. The maximum absolute atomic E-state index is 11.2. The Kier molecular flexibility index (Phi) is 6.41. The van der Waals surface area contributed by atoms with E-state index in [4.69, 9.17) is 0 Å². The molecule has 0 spiro atoms. The Labute approximate surface area is 149 Å². The van der Waals surface area contributed by atoms with Crippen molar-refractivity contribution in [3.63, 3.8) is 0 Å². The second-order valence-corrected chi connectivity index (χ2v) is 6.44. The molecule has 1 aliphatic carbocycles. The highest BCUT2D eigenvalue weighted by atomic mass is 35.5. The van der Waals surface area contributed by atoms with E-state index in [0.29, 0.717) is 5.92 Å². The molecule has 1 N–H and O–H groups in total. The molecule has 2 atom stereocenters. The van der Waals surface area contributed by atoms with E-state index in [0.717, 1.165) is 19.3 Å². The summed E-state index contributed by atoms with van der Waals surface area (Å²) in [5.41, 5.74) is 4.06. The summed E-state index contributed by atoms with van der Waals surface area (Å²) in [6, 6.07) is 19.1. The fourth-order valence-electron chi connectivity index (χ4n) is 3.84. The molecule has 4 heteroatoms. The standard InChI is InChI=1S/C20H23NO2.ClH/c1-21(14-19(22)23)20(16-8-3-2-4-9-16)18-12-11-15-7-5-6-10-17(15)13-18;/h2-10,18,20H,11-14H2,1H3,(H,22,23);1H. The highest BCUT2D eigenvalue weighted by Gasteiger charge is 2.30. The maximum Gasteiger partial charge on any atom is 0.317 e. The Morgan fingerprint density at radius 3 is 2.42 bits per heavy atom. The minimum Gasteiger partial charge on any atom is -0.480 e. The number of rotatable bonds is 5. The highest BCUT2D eigenvalue weighted by Crippen LogP contribution is 2.37. The Morgan fingerprint density at radius 1 is 1.12 bits per heavy atom. The first-order valence-corrected chi connectivity index (χ1v) is 8.19. The lowest BCUT2D eigenvalue weighted by Crippen LogP contribution is -2.36. The zero-order valence-corrected chi connectivity index (χ0v) is 14.7. The van der Waals surface area contributed by atoms with Crippen LogP contribution < -0.4 is 0 Å². The molecule has 2 aromatic carbocycles. The van der Waals surface area contributed by atoms with E-state index >= 15 is 0 Å². The Bertz CT molecular complexity index is 674. The summed E-state index contributed by atoms with van der Waals surface area (Å²) in [6.45, 7) is 0.0672. The monoisotopic (exact) mass is 345 g/mol. The van der Waals surface area contributed by atoms with Crippen molar-refractivity contribution in [3.8, 4) is 0 Å². The van der Waals surface area contributed by atoms with E-state index < -0.39 is 5.97 Å². The van der Waals surface area contributed by atoms with Gasteiger partial charge in [-0.2, -0.15) is 0 Å². The van der Waals surface area contributed by atoms with Gasteiger partial charge in [-0.25, -0.2) is 0 Å². The summed E-state index contributed by atoms with van der Waals surface area (Å²) in [6.07, 6.45) is 3.19. The number of hydrogen-bond acceptors (Lipinski definition) is 2. The van der Waals surface area contributed by atoms with Gasteiger partial charge in [0.15, 0.2) is 0 Å². The fraction of sp³-hybridized carbons (Fsp3) is 0.350. The zero-order valence-electron chi connectivity index (χ0n) is 13.9. The molecule has 1 aliphatic rings. The van der Waals surface area contributed by atoms with E-state index in [-0.39, 0.29) is 25.0 Å². The minimum absolute atomic E-state index is 0. The molecule has 0 fully saturated rings. The van der Waals surface area contributed by atoms with Crippen molar-refractivity contribution in [2.45, 2.75) is 25.3 Å². The highest BCUT2D eigenvalue weighted by molar-refractivity contribution is 5.85. The van der Waals surface area contributed by atoms with Crippen LogP contribution in [-0.2, 0) is 17.6 Å². The zero-order chi connectivity index (χ0) is 16.2. The van der Waals surface area contributed by atoms with Crippen molar-refractivity contribution >= 4 is 18.4 Å². The van der Waals surface area contributed by atoms with Crippen LogP contribution in [0.25, 0.3) is 0 Å². The molecule has 2 aromatic rings. The van der Waals surface area contributed by atoms with Gasteiger partial charge in [0.1, 0.15) is 0 Å². The SMILES string of the molecule is CN(CC(=O)O)C(c1ccccc1)C1CCc2ccccc2C1.Cl. The molecule has 128 valence electrons. The summed E-state index contributed by atoms with van der Waals surface area (Å²) >= 11 is 0. The molecule has 0 bridgehead atoms.